The van der Waals surface area contributed by atoms with E-state index in [1.807, 2.05) is 48.5 Å². The Labute approximate surface area is 260 Å². The summed E-state index contributed by atoms with van der Waals surface area (Å²) in [7, 11) is 1.39. The van der Waals surface area contributed by atoms with Crippen molar-refractivity contribution < 1.29 is 23.7 Å². The van der Waals surface area contributed by atoms with Gasteiger partial charge in [0.2, 0.25) is 5.88 Å². The first-order valence-electron chi connectivity index (χ1n) is 14.9. The van der Waals surface area contributed by atoms with E-state index in [1.54, 1.807) is 6.07 Å². The van der Waals surface area contributed by atoms with E-state index >= 15 is 0 Å². The minimum atomic E-state index is -0.375. The fourth-order valence-corrected chi connectivity index (χ4v) is 5.97. The van der Waals surface area contributed by atoms with E-state index in [9.17, 15) is 4.79 Å². The number of pyridine rings is 1. The van der Waals surface area contributed by atoms with Crippen LogP contribution in [0, 0.1) is 0 Å². The molecule has 0 saturated carbocycles. The van der Waals surface area contributed by atoms with Gasteiger partial charge in [-0.3, -0.25) is 0 Å². The van der Waals surface area contributed by atoms with Crippen LogP contribution in [0.25, 0.3) is 22.3 Å². The molecule has 1 saturated heterocycles. The molecule has 0 N–H and O–H groups in total. The van der Waals surface area contributed by atoms with E-state index < -0.39 is 0 Å². The number of hydrogen-bond donors (Lipinski definition) is 0. The topological polar surface area (TPSA) is 84.7 Å². The summed E-state index contributed by atoms with van der Waals surface area (Å²) in [6, 6.07) is 23.4. The molecule has 0 unspecified atom stereocenters. The molecule has 9 heteroatoms. The highest BCUT2D eigenvalue weighted by Gasteiger charge is 2.23. The lowest BCUT2D eigenvalue weighted by molar-refractivity contribution is -0.0589. The molecule has 8 nitrogen and oxygen atoms in total. The maximum absolute atomic E-state index is 12.3. The Hall–Kier alpha value is -4.40. The predicted octanol–water partition coefficient (Wildman–Crippen LogP) is 6.82. The molecule has 5 aromatic rings. The number of imidazole rings is 1. The third-order valence-electron chi connectivity index (χ3n) is 8.25. The van der Waals surface area contributed by atoms with E-state index in [0.717, 1.165) is 76.4 Å². The Kier molecular flexibility index (Phi) is 7.93. The van der Waals surface area contributed by atoms with Gasteiger partial charge in [-0.05, 0) is 72.9 Å². The molecular formula is C35H32ClN3O5. The van der Waals surface area contributed by atoms with Crippen LogP contribution in [0.5, 0.6) is 11.6 Å². The molecule has 0 aliphatic carbocycles. The molecule has 0 spiro atoms. The molecule has 1 fully saturated rings. The number of fused-ring (bicyclic) bond motifs is 7. The number of benzene rings is 3. The summed E-state index contributed by atoms with van der Waals surface area (Å²) in [6.45, 7) is 2.37. The Morgan fingerprint density at radius 3 is 2.75 bits per heavy atom. The third-order valence-corrected chi connectivity index (χ3v) is 8.49. The average Bonchev–Trinajstić information content (AvgIpc) is 3.36. The number of carbonyl (C=O) groups is 1. The van der Waals surface area contributed by atoms with Crippen molar-refractivity contribution in [2.45, 2.75) is 44.9 Å². The Balaban J connectivity index is 1.25. The fraction of sp³-hybridized carbons (Fsp3) is 0.286. The van der Waals surface area contributed by atoms with Gasteiger partial charge < -0.3 is 23.5 Å². The SMILES string of the molecule is COC(=O)c1ccc2nc(Cc3ccc4cc3OCCCc3cc(Cl)ccc3COc3cccc-4n3)n(C[C@@H]3CCO3)c2c1. The number of rotatable bonds is 5. The molecule has 44 heavy (non-hydrogen) atoms. The zero-order valence-electron chi connectivity index (χ0n) is 24.4. The molecule has 4 heterocycles. The Morgan fingerprint density at radius 1 is 1.00 bits per heavy atom. The van der Waals surface area contributed by atoms with Crippen LogP contribution in [0.1, 0.15) is 45.7 Å². The molecule has 0 amide bonds. The van der Waals surface area contributed by atoms with Gasteiger partial charge in [0.05, 0.1) is 48.7 Å². The van der Waals surface area contributed by atoms with Crippen LogP contribution in [-0.2, 0) is 35.5 Å². The van der Waals surface area contributed by atoms with E-state index in [0.29, 0.717) is 42.6 Å². The fourth-order valence-electron chi connectivity index (χ4n) is 5.77. The highest BCUT2D eigenvalue weighted by atomic mass is 35.5. The van der Waals surface area contributed by atoms with Crippen LogP contribution in [-0.4, -0.2) is 46.9 Å². The van der Waals surface area contributed by atoms with Crippen LogP contribution in [0.15, 0.2) is 72.8 Å². The minimum absolute atomic E-state index is 0.113. The van der Waals surface area contributed by atoms with Gasteiger partial charge in [0.15, 0.2) is 0 Å². The van der Waals surface area contributed by atoms with Crippen LogP contribution in [0.2, 0.25) is 5.02 Å². The number of methoxy groups -OCH3 is 1. The lowest BCUT2D eigenvalue weighted by Crippen LogP contribution is -2.31. The van der Waals surface area contributed by atoms with E-state index in [1.165, 1.54) is 7.11 Å². The van der Waals surface area contributed by atoms with Gasteiger partial charge in [0.25, 0.3) is 0 Å². The summed E-state index contributed by atoms with van der Waals surface area (Å²) in [4.78, 5) is 22.1. The number of aromatic nitrogens is 3. The lowest BCUT2D eigenvalue weighted by atomic mass is 10.0. The van der Waals surface area contributed by atoms with Gasteiger partial charge in [0, 0.05) is 35.2 Å². The predicted molar refractivity (Wildman–Crippen MR) is 168 cm³/mol. The number of halogens is 1. The van der Waals surface area contributed by atoms with Crippen LogP contribution < -0.4 is 9.47 Å². The van der Waals surface area contributed by atoms with Gasteiger partial charge in [-0.25, -0.2) is 14.8 Å². The maximum atomic E-state index is 12.3. The van der Waals surface area contributed by atoms with Crippen molar-refractivity contribution in [2.75, 3.05) is 20.3 Å². The molecule has 2 aromatic heterocycles. The van der Waals surface area contributed by atoms with Crippen molar-refractivity contribution in [2.24, 2.45) is 0 Å². The van der Waals surface area contributed by atoms with Crippen molar-refractivity contribution in [1.82, 2.24) is 14.5 Å². The van der Waals surface area contributed by atoms with Crippen molar-refractivity contribution in [1.29, 1.82) is 0 Å². The first-order chi connectivity index (χ1) is 21.5. The van der Waals surface area contributed by atoms with Crippen molar-refractivity contribution in [3.63, 3.8) is 0 Å². The summed E-state index contributed by atoms with van der Waals surface area (Å²) >= 11 is 6.34. The number of esters is 1. The van der Waals surface area contributed by atoms with Crippen LogP contribution >= 0.6 is 11.6 Å². The number of carbonyl (C=O) groups excluding carboxylic acids is 1. The number of ether oxygens (including phenoxy) is 4. The van der Waals surface area contributed by atoms with E-state index in [-0.39, 0.29) is 12.1 Å². The zero-order valence-corrected chi connectivity index (χ0v) is 25.2. The summed E-state index contributed by atoms with van der Waals surface area (Å²) in [5.41, 5.74) is 7.17. The van der Waals surface area contributed by atoms with E-state index in [4.69, 9.17) is 40.5 Å². The molecular weight excluding hydrogens is 578 g/mol. The van der Waals surface area contributed by atoms with Crippen LogP contribution in [0.3, 0.4) is 0 Å². The molecule has 0 radical (unpaired) electrons. The Bertz CT molecular complexity index is 1850. The maximum Gasteiger partial charge on any atom is 0.337 e. The largest absolute Gasteiger partial charge is 0.493 e. The second-order valence-corrected chi connectivity index (χ2v) is 11.6. The zero-order chi connectivity index (χ0) is 30.0. The van der Waals surface area contributed by atoms with Gasteiger partial charge >= 0.3 is 5.97 Å². The standard InChI is InChI=1S/C35H32ClN3O5/c1-41-35(40)25-10-12-30-31(17-25)39(20-28-13-15-42-28)33(37-30)19-24-8-7-23-18-32(24)43-14-3-4-22-16-27(36)11-9-26(22)21-44-34-6-2-5-29(23)38-34/h2,5-12,16-18,28H,3-4,13-15,19-21H2,1H3/t28-/m0/s1. The second-order valence-electron chi connectivity index (χ2n) is 11.1. The molecule has 4 bridgehead atoms. The quantitative estimate of drug-likeness (QED) is 0.202. The number of hydrogen-bond acceptors (Lipinski definition) is 7. The lowest BCUT2D eigenvalue weighted by Gasteiger charge is -2.27. The van der Waals surface area contributed by atoms with Crippen molar-refractivity contribution in [3.05, 3.63) is 106 Å². The molecule has 224 valence electrons. The summed E-state index contributed by atoms with van der Waals surface area (Å²) in [5.74, 6) is 1.85. The highest BCUT2D eigenvalue weighted by Crippen LogP contribution is 2.32. The molecule has 2 aliphatic heterocycles. The molecule has 2 aliphatic rings. The number of aryl methyl sites for hydroxylation is 1. The summed E-state index contributed by atoms with van der Waals surface area (Å²) in [6.07, 6.45) is 3.26. The van der Waals surface area contributed by atoms with Gasteiger partial charge in [0.1, 0.15) is 18.2 Å². The molecule has 1 atom stereocenters. The molecule has 7 rings (SSSR count). The monoisotopic (exact) mass is 609 g/mol. The summed E-state index contributed by atoms with van der Waals surface area (Å²) < 4.78 is 25.5. The second kappa shape index (κ2) is 12.3. The highest BCUT2D eigenvalue weighted by molar-refractivity contribution is 6.30. The van der Waals surface area contributed by atoms with Crippen molar-refractivity contribution in [3.8, 4) is 22.9 Å². The summed E-state index contributed by atoms with van der Waals surface area (Å²) in [5, 5.41) is 0.704. The first-order valence-corrected chi connectivity index (χ1v) is 15.2. The smallest absolute Gasteiger partial charge is 0.337 e. The van der Waals surface area contributed by atoms with Crippen LogP contribution in [0.4, 0.5) is 0 Å². The average molecular weight is 610 g/mol. The third kappa shape index (κ3) is 5.87. The van der Waals surface area contributed by atoms with Crippen molar-refractivity contribution >= 4 is 28.6 Å². The Morgan fingerprint density at radius 2 is 1.91 bits per heavy atom. The van der Waals surface area contributed by atoms with E-state index in [2.05, 4.69) is 22.8 Å². The van der Waals surface area contributed by atoms with Gasteiger partial charge in [-0.1, -0.05) is 35.9 Å². The normalized spacial score (nSPS) is 16.2. The number of nitrogens with zero attached hydrogens (tertiary/aromatic N) is 3. The molecule has 3 aromatic carbocycles. The minimum Gasteiger partial charge on any atom is -0.493 e. The van der Waals surface area contributed by atoms with Gasteiger partial charge in [-0.15, -0.1) is 0 Å². The first kappa shape index (κ1) is 28.4. The van der Waals surface area contributed by atoms with Gasteiger partial charge in [-0.2, -0.15) is 0 Å².